The summed E-state index contributed by atoms with van der Waals surface area (Å²) in [6.45, 7) is 6.28. The summed E-state index contributed by atoms with van der Waals surface area (Å²) < 4.78 is 10.9. The average Bonchev–Trinajstić information content (AvgIpc) is 2.34. The lowest BCUT2D eigenvalue weighted by atomic mass is 10.2. The number of rotatable bonds is 7. The summed E-state index contributed by atoms with van der Waals surface area (Å²) in [4.78, 5) is 4.20. The molecule has 4 nitrogen and oxygen atoms in total. The van der Waals surface area contributed by atoms with Crippen molar-refractivity contribution in [3.8, 4) is 0 Å². The number of pyridine rings is 1. The molecule has 0 spiro atoms. The zero-order valence-electron chi connectivity index (χ0n) is 9.98. The van der Waals surface area contributed by atoms with Crippen molar-refractivity contribution < 1.29 is 9.47 Å². The normalized spacial score (nSPS) is 12.7. The number of nitrogens with zero attached hydrogens (tertiary/aromatic N) is 1. The second kappa shape index (κ2) is 7.33. The molecular formula is C12H20N2O2. The molecule has 1 unspecified atom stereocenters. The van der Waals surface area contributed by atoms with Crippen molar-refractivity contribution in [1.29, 1.82) is 0 Å². The second-order valence-electron chi connectivity index (χ2n) is 3.59. The van der Waals surface area contributed by atoms with Gasteiger partial charge in [-0.25, -0.2) is 0 Å². The zero-order chi connectivity index (χ0) is 11.8. The first-order valence-electron chi connectivity index (χ1n) is 5.60. The Labute approximate surface area is 96.8 Å². The molecule has 2 N–H and O–H groups in total. The van der Waals surface area contributed by atoms with E-state index in [4.69, 9.17) is 15.2 Å². The fraction of sp³-hybridized carbons (Fsp3) is 0.583. The molecule has 0 aromatic carbocycles. The van der Waals surface area contributed by atoms with Crippen molar-refractivity contribution in [2.45, 2.75) is 33.1 Å². The minimum Gasteiger partial charge on any atom is -0.379 e. The summed E-state index contributed by atoms with van der Waals surface area (Å²) in [6.07, 6.45) is 1.83. The molecule has 0 bridgehead atoms. The van der Waals surface area contributed by atoms with Gasteiger partial charge in [0.2, 0.25) is 0 Å². The van der Waals surface area contributed by atoms with Gasteiger partial charge in [0.15, 0.2) is 0 Å². The van der Waals surface area contributed by atoms with Crippen molar-refractivity contribution in [2.75, 3.05) is 13.2 Å². The van der Waals surface area contributed by atoms with Crippen LogP contribution in [0.15, 0.2) is 18.3 Å². The van der Waals surface area contributed by atoms with Crippen LogP contribution in [-0.4, -0.2) is 24.3 Å². The SMILES string of the molecule is CCOCC(C)OCc1cccnc1CN. The average molecular weight is 224 g/mol. The molecule has 90 valence electrons. The molecule has 1 aromatic rings. The predicted octanol–water partition coefficient (Wildman–Crippen LogP) is 1.48. The lowest BCUT2D eigenvalue weighted by Gasteiger charge is -2.14. The van der Waals surface area contributed by atoms with E-state index in [0.29, 0.717) is 26.4 Å². The molecule has 0 aliphatic heterocycles. The molecule has 0 amide bonds. The smallest absolute Gasteiger partial charge is 0.0785 e. The van der Waals surface area contributed by atoms with Crippen LogP contribution in [0.3, 0.4) is 0 Å². The van der Waals surface area contributed by atoms with Crippen LogP contribution in [0.5, 0.6) is 0 Å². The van der Waals surface area contributed by atoms with Crippen LogP contribution in [0.2, 0.25) is 0 Å². The standard InChI is InChI=1S/C12H20N2O2/c1-3-15-8-10(2)16-9-11-5-4-6-14-12(11)7-13/h4-6,10H,3,7-9,13H2,1-2H3. The van der Waals surface area contributed by atoms with Crippen LogP contribution in [0.1, 0.15) is 25.1 Å². The highest BCUT2D eigenvalue weighted by Gasteiger charge is 2.05. The Morgan fingerprint density at radius 1 is 1.50 bits per heavy atom. The maximum Gasteiger partial charge on any atom is 0.0785 e. The fourth-order valence-electron chi connectivity index (χ4n) is 1.35. The van der Waals surface area contributed by atoms with Crippen LogP contribution < -0.4 is 5.73 Å². The Balaban J connectivity index is 2.41. The molecule has 0 aliphatic carbocycles. The molecular weight excluding hydrogens is 204 g/mol. The second-order valence-corrected chi connectivity index (χ2v) is 3.59. The third-order valence-corrected chi connectivity index (χ3v) is 2.26. The van der Waals surface area contributed by atoms with Crippen molar-refractivity contribution in [1.82, 2.24) is 4.98 Å². The summed E-state index contributed by atoms with van der Waals surface area (Å²) in [7, 11) is 0. The fourth-order valence-corrected chi connectivity index (χ4v) is 1.35. The minimum absolute atomic E-state index is 0.0887. The van der Waals surface area contributed by atoms with E-state index in [0.717, 1.165) is 11.3 Å². The Morgan fingerprint density at radius 3 is 3.00 bits per heavy atom. The number of hydrogen-bond acceptors (Lipinski definition) is 4. The first-order valence-corrected chi connectivity index (χ1v) is 5.60. The van der Waals surface area contributed by atoms with Crippen LogP contribution >= 0.6 is 0 Å². The molecule has 1 rings (SSSR count). The van der Waals surface area contributed by atoms with Gasteiger partial charge in [-0.3, -0.25) is 4.98 Å². The largest absolute Gasteiger partial charge is 0.379 e. The topological polar surface area (TPSA) is 57.4 Å². The monoisotopic (exact) mass is 224 g/mol. The van der Waals surface area contributed by atoms with E-state index >= 15 is 0 Å². The molecule has 1 atom stereocenters. The van der Waals surface area contributed by atoms with E-state index in [2.05, 4.69) is 4.98 Å². The molecule has 1 aromatic heterocycles. The molecule has 16 heavy (non-hydrogen) atoms. The van der Waals surface area contributed by atoms with Crippen LogP contribution in [0.25, 0.3) is 0 Å². The molecule has 0 saturated carbocycles. The summed E-state index contributed by atoms with van der Waals surface area (Å²) in [6, 6.07) is 3.88. The van der Waals surface area contributed by atoms with Gasteiger partial charge >= 0.3 is 0 Å². The number of nitrogens with two attached hydrogens (primary N) is 1. The first kappa shape index (κ1) is 13.1. The van der Waals surface area contributed by atoms with Crippen LogP contribution in [0, 0.1) is 0 Å². The Kier molecular flexibility index (Phi) is 6.00. The van der Waals surface area contributed by atoms with E-state index in [-0.39, 0.29) is 6.10 Å². The van der Waals surface area contributed by atoms with Crippen LogP contribution in [-0.2, 0) is 22.6 Å². The summed E-state index contributed by atoms with van der Waals surface area (Å²) in [5.41, 5.74) is 7.54. The number of hydrogen-bond donors (Lipinski definition) is 1. The highest BCUT2D eigenvalue weighted by molar-refractivity contribution is 5.18. The van der Waals surface area contributed by atoms with Crippen molar-refractivity contribution >= 4 is 0 Å². The van der Waals surface area contributed by atoms with Gasteiger partial charge in [0.25, 0.3) is 0 Å². The lowest BCUT2D eigenvalue weighted by Crippen LogP contribution is -2.16. The predicted molar refractivity (Wildman–Crippen MR) is 62.9 cm³/mol. The van der Waals surface area contributed by atoms with Crippen molar-refractivity contribution in [2.24, 2.45) is 5.73 Å². The van der Waals surface area contributed by atoms with Gasteiger partial charge in [-0.2, -0.15) is 0 Å². The lowest BCUT2D eigenvalue weighted by molar-refractivity contribution is -0.0119. The van der Waals surface area contributed by atoms with Crippen molar-refractivity contribution in [3.05, 3.63) is 29.6 Å². The quantitative estimate of drug-likeness (QED) is 0.762. The molecule has 4 heteroatoms. The summed E-state index contributed by atoms with van der Waals surface area (Å²) in [5, 5.41) is 0. The van der Waals surface area contributed by atoms with Gasteiger partial charge in [-0.15, -0.1) is 0 Å². The molecule has 0 aliphatic rings. The van der Waals surface area contributed by atoms with E-state index < -0.39 is 0 Å². The molecule has 0 saturated heterocycles. The zero-order valence-corrected chi connectivity index (χ0v) is 9.98. The van der Waals surface area contributed by atoms with Gasteiger partial charge in [0, 0.05) is 24.9 Å². The first-order chi connectivity index (χ1) is 7.77. The van der Waals surface area contributed by atoms with Crippen molar-refractivity contribution in [3.63, 3.8) is 0 Å². The van der Waals surface area contributed by atoms with Gasteiger partial charge in [0.1, 0.15) is 0 Å². The van der Waals surface area contributed by atoms with E-state index in [1.165, 1.54) is 0 Å². The van der Waals surface area contributed by atoms with E-state index in [9.17, 15) is 0 Å². The maximum absolute atomic E-state index is 5.65. The highest BCUT2D eigenvalue weighted by Crippen LogP contribution is 2.07. The van der Waals surface area contributed by atoms with Gasteiger partial charge in [0.05, 0.1) is 25.0 Å². The van der Waals surface area contributed by atoms with Crippen LogP contribution in [0.4, 0.5) is 0 Å². The van der Waals surface area contributed by atoms with E-state index in [1.807, 2.05) is 26.0 Å². The number of ether oxygens (including phenoxy) is 2. The maximum atomic E-state index is 5.65. The Bertz CT molecular complexity index is 305. The minimum atomic E-state index is 0.0887. The highest BCUT2D eigenvalue weighted by atomic mass is 16.5. The third kappa shape index (κ3) is 4.26. The van der Waals surface area contributed by atoms with Gasteiger partial charge < -0.3 is 15.2 Å². The molecule has 0 fully saturated rings. The molecule has 0 radical (unpaired) electrons. The number of aromatic nitrogens is 1. The summed E-state index contributed by atoms with van der Waals surface area (Å²) >= 11 is 0. The van der Waals surface area contributed by atoms with Gasteiger partial charge in [-0.1, -0.05) is 6.07 Å². The Morgan fingerprint density at radius 2 is 2.31 bits per heavy atom. The molecule has 1 heterocycles. The third-order valence-electron chi connectivity index (χ3n) is 2.26. The van der Waals surface area contributed by atoms with E-state index in [1.54, 1.807) is 6.20 Å². The van der Waals surface area contributed by atoms with Gasteiger partial charge in [-0.05, 0) is 19.9 Å². The summed E-state index contributed by atoms with van der Waals surface area (Å²) in [5.74, 6) is 0. The Hall–Kier alpha value is -0.970.